The normalized spacial score (nSPS) is 12.3. The minimum Gasteiger partial charge on any atom is -0.454 e. The molecule has 2 rings (SSSR count). The fraction of sp³-hybridized carbons (Fsp3) is 0.429. The smallest absolute Gasteiger partial charge is 0.309 e. The Kier molecular flexibility index (Phi) is 4.45. The summed E-state index contributed by atoms with van der Waals surface area (Å²) in [5.41, 5.74) is 0.847. The molecule has 2 N–H and O–H groups in total. The van der Waals surface area contributed by atoms with Gasteiger partial charge in [0.05, 0.1) is 0 Å². The van der Waals surface area contributed by atoms with Crippen LogP contribution in [0, 0.1) is 5.92 Å². The largest absolute Gasteiger partial charge is 0.454 e. The van der Waals surface area contributed by atoms with E-state index in [1.165, 1.54) is 0 Å². The molecular formula is C14H18N2O4. The summed E-state index contributed by atoms with van der Waals surface area (Å²) in [4.78, 5) is 23.1. The molecule has 0 saturated carbocycles. The summed E-state index contributed by atoms with van der Waals surface area (Å²) >= 11 is 0. The molecule has 0 atom stereocenters. The fourth-order valence-electron chi connectivity index (χ4n) is 1.69. The number of hydrogen-bond donors (Lipinski definition) is 2. The molecule has 2 amide bonds. The first kappa shape index (κ1) is 14.2. The first-order chi connectivity index (χ1) is 9.56. The molecule has 108 valence electrons. The fourth-order valence-corrected chi connectivity index (χ4v) is 1.69. The molecule has 0 spiro atoms. The Morgan fingerprint density at radius 2 is 1.85 bits per heavy atom. The molecule has 0 bridgehead atoms. The van der Waals surface area contributed by atoms with Crippen molar-refractivity contribution in [2.24, 2.45) is 5.92 Å². The average molecular weight is 278 g/mol. The highest BCUT2D eigenvalue weighted by Crippen LogP contribution is 2.32. The van der Waals surface area contributed by atoms with Crippen molar-refractivity contribution in [1.82, 2.24) is 10.6 Å². The lowest BCUT2D eigenvalue weighted by molar-refractivity contribution is -0.139. The van der Waals surface area contributed by atoms with Crippen molar-refractivity contribution in [3.63, 3.8) is 0 Å². The van der Waals surface area contributed by atoms with Crippen LogP contribution in [-0.2, 0) is 16.1 Å². The summed E-state index contributed by atoms with van der Waals surface area (Å²) in [6, 6.07) is 5.39. The lowest BCUT2D eigenvalue weighted by atomic mass is 10.2. The second kappa shape index (κ2) is 6.27. The molecule has 0 aliphatic carbocycles. The van der Waals surface area contributed by atoms with E-state index in [9.17, 15) is 9.59 Å². The quantitative estimate of drug-likeness (QED) is 0.799. The van der Waals surface area contributed by atoms with Gasteiger partial charge in [0.25, 0.3) is 0 Å². The second-order valence-electron chi connectivity index (χ2n) is 4.97. The van der Waals surface area contributed by atoms with Gasteiger partial charge in [-0.1, -0.05) is 19.9 Å². The summed E-state index contributed by atoms with van der Waals surface area (Å²) in [6.07, 6.45) is 0. The molecule has 0 unspecified atom stereocenters. The van der Waals surface area contributed by atoms with Gasteiger partial charge in [-0.05, 0) is 23.6 Å². The van der Waals surface area contributed by atoms with Crippen LogP contribution in [0.25, 0.3) is 0 Å². The molecule has 0 radical (unpaired) electrons. The summed E-state index contributed by atoms with van der Waals surface area (Å²) in [5.74, 6) is 0.402. The van der Waals surface area contributed by atoms with Crippen molar-refractivity contribution >= 4 is 11.8 Å². The molecule has 0 aromatic heterocycles. The zero-order chi connectivity index (χ0) is 14.5. The molecule has 1 aromatic carbocycles. The van der Waals surface area contributed by atoms with E-state index >= 15 is 0 Å². The highest BCUT2D eigenvalue weighted by atomic mass is 16.7. The number of nitrogens with one attached hydrogen (secondary N) is 2. The van der Waals surface area contributed by atoms with Crippen molar-refractivity contribution in [2.75, 3.05) is 13.3 Å². The second-order valence-corrected chi connectivity index (χ2v) is 4.97. The van der Waals surface area contributed by atoms with Crippen LogP contribution in [0.3, 0.4) is 0 Å². The maximum absolute atomic E-state index is 11.6. The van der Waals surface area contributed by atoms with Crippen molar-refractivity contribution in [3.05, 3.63) is 23.8 Å². The molecule has 0 fully saturated rings. The highest BCUT2D eigenvalue weighted by Gasteiger charge is 2.15. The standard InChI is InChI=1S/C14H18N2O4/c1-9(2)6-15-13(17)14(18)16-7-10-3-4-11-12(5-10)20-8-19-11/h3-5,9H,6-8H2,1-2H3,(H,15,17)(H,16,18). The Hall–Kier alpha value is -2.24. The maximum atomic E-state index is 11.6. The van der Waals surface area contributed by atoms with E-state index < -0.39 is 11.8 Å². The van der Waals surface area contributed by atoms with Gasteiger partial charge in [-0.25, -0.2) is 0 Å². The number of hydrogen-bond acceptors (Lipinski definition) is 4. The van der Waals surface area contributed by atoms with Gasteiger partial charge in [0.2, 0.25) is 6.79 Å². The Balaban J connectivity index is 1.82. The van der Waals surface area contributed by atoms with E-state index in [1.807, 2.05) is 19.9 Å². The first-order valence-corrected chi connectivity index (χ1v) is 6.51. The third-order valence-corrected chi connectivity index (χ3v) is 2.77. The molecule has 20 heavy (non-hydrogen) atoms. The molecular weight excluding hydrogens is 260 g/mol. The topological polar surface area (TPSA) is 76.7 Å². The number of amides is 2. The SMILES string of the molecule is CC(C)CNC(=O)C(=O)NCc1ccc2c(c1)OCO2. The zero-order valence-corrected chi connectivity index (χ0v) is 11.6. The number of fused-ring (bicyclic) bond motifs is 1. The van der Waals surface area contributed by atoms with Crippen LogP contribution in [0.1, 0.15) is 19.4 Å². The predicted molar refractivity (Wildman–Crippen MR) is 72.3 cm³/mol. The highest BCUT2D eigenvalue weighted by molar-refractivity contribution is 6.35. The van der Waals surface area contributed by atoms with E-state index in [-0.39, 0.29) is 13.3 Å². The van der Waals surface area contributed by atoms with Crippen molar-refractivity contribution in [1.29, 1.82) is 0 Å². The summed E-state index contributed by atoms with van der Waals surface area (Å²) in [5, 5.41) is 5.13. The monoisotopic (exact) mass is 278 g/mol. The van der Waals surface area contributed by atoms with Crippen molar-refractivity contribution < 1.29 is 19.1 Å². The molecule has 6 nitrogen and oxygen atoms in total. The predicted octanol–water partition coefficient (Wildman–Crippen LogP) is 0.804. The van der Waals surface area contributed by atoms with Gasteiger partial charge in [-0.2, -0.15) is 0 Å². The Morgan fingerprint density at radius 3 is 2.60 bits per heavy atom. The van der Waals surface area contributed by atoms with Crippen LogP contribution in [0.4, 0.5) is 0 Å². The molecule has 1 aromatic rings. The summed E-state index contributed by atoms with van der Waals surface area (Å²) in [6.45, 7) is 4.89. The van der Waals surface area contributed by atoms with Crippen LogP contribution >= 0.6 is 0 Å². The third kappa shape index (κ3) is 3.63. The van der Waals surface area contributed by atoms with Gasteiger partial charge < -0.3 is 20.1 Å². The van der Waals surface area contributed by atoms with Crippen LogP contribution in [-0.4, -0.2) is 25.2 Å². The van der Waals surface area contributed by atoms with Crippen LogP contribution < -0.4 is 20.1 Å². The van der Waals surface area contributed by atoms with Crippen LogP contribution in [0.2, 0.25) is 0 Å². The number of carbonyl (C=O) groups is 2. The van der Waals surface area contributed by atoms with Gasteiger partial charge in [-0.3, -0.25) is 9.59 Å². The molecule has 1 aliphatic heterocycles. The Labute approximate surface area is 117 Å². The van der Waals surface area contributed by atoms with Gasteiger partial charge in [0.1, 0.15) is 0 Å². The van der Waals surface area contributed by atoms with Gasteiger partial charge in [0.15, 0.2) is 11.5 Å². The van der Waals surface area contributed by atoms with E-state index in [0.29, 0.717) is 24.0 Å². The van der Waals surface area contributed by atoms with Gasteiger partial charge >= 0.3 is 11.8 Å². The minimum absolute atomic E-state index is 0.211. The summed E-state index contributed by atoms with van der Waals surface area (Å²) in [7, 11) is 0. The number of ether oxygens (including phenoxy) is 2. The van der Waals surface area contributed by atoms with Crippen LogP contribution in [0.5, 0.6) is 11.5 Å². The third-order valence-electron chi connectivity index (χ3n) is 2.77. The van der Waals surface area contributed by atoms with Crippen LogP contribution in [0.15, 0.2) is 18.2 Å². The Morgan fingerprint density at radius 1 is 1.15 bits per heavy atom. The van der Waals surface area contributed by atoms with Gasteiger partial charge in [0, 0.05) is 13.1 Å². The average Bonchev–Trinajstić information content (AvgIpc) is 2.89. The number of carbonyl (C=O) groups excluding carboxylic acids is 2. The zero-order valence-electron chi connectivity index (χ0n) is 11.6. The molecule has 1 aliphatic rings. The molecule has 1 heterocycles. The molecule has 0 saturated heterocycles. The number of rotatable bonds is 4. The summed E-state index contributed by atoms with van der Waals surface area (Å²) < 4.78 is 10.4. The first-order valence-electron chi connectivity index (χ1n) is 6.51. The van der Waals surface area contributed by atoms with Crippen molar-refractivity contribution in [2.45, 2.75) is 20.4 Å². The van der Waals surface area contributed by atoms with E-state index in [1.54, 1.807) is 12.1 Å². The lowest BCUT2D eigenvalue weighted by Crippen LogP contribution is -2.40. The van der Waals surface area contributed by atoms with E-state index in [4.69, 9.17) is 9.47 Å². The van der Waals surface area contributed by atoms with E-state index in [2.05, 4.69) is 10.6 Å². The minimum atomic E-state index is -0.636. The van der Waals surface area contributed by atoms with Crippen molar-refractivity contribution in [3.8, 4) is 11.5 Å². The number of benzene rings is 1. The maximum Gasteiger partial charge on any atom is 0.309 e. The van der Waals surface area contributed by atoms with Gasteiger partial charge in [-0.15, -0.1) is 0 Å². The Bertz CT molecular complexity index is 514. The van der Waals surface area contributed by atoms with E-state index in [0.717, 1.165) is 5.56 Å². The lowest BCUT2D eigenvalue weighted by Gasteiger charge is -2.08. The molecule has 6 heteroatoms.